The van der Waals surface area contributed by atoms with Gasteiger partial charge in [-0.05, 0) is 48.9 Å². The van der Waals surface area contributed by atoms with Gasteiger partial charge in [-0.1, -0.05) is 6.07 Å². The molecular formula is C19H19F3N2O5S. The molecule has 2 aromatic rings. The predicted octanol–water partition coefficient (Wildman–Crippen LogP) is 3.17. The zero-order valence-corrected chi connectivity index (χ0v) is 16.7. The summed E-state index contributed by atoms with van der Waals surface area (Å²) >= 11 is 0. The van der Waals surface area contributed by atoms with E-state index in [1.807, 2.05) is 0 Å². The molecule has 0 spiro atoms. The fourth-order valence-electron chi connectivity index (χ4n) is 2.88. The smallest absolute Gasteiger partial charge is 0.406 e. The molecule has 7 nitrogen and oxygen atoms in total. The van der Waals surface area contributed by atoms with Crippen LogP contribution in [-0.4, -0.2) is 51.3 Å². The first kappa shape index (κ1) is 22.1. The first-order chi connectivity index (χ1) is 14.1. The Morgan fingerprint density at radius 1 is 1.10 bits per heavy atom. The van der Waals surface area contributed by atoms with Gasteiger partial charge in [0, 0.05) is 24.3 Å². The van der Waals surface area contributed by atoms with E-state index in [1.54, 1.807) is 6.92 Å². The molecule has 11 heteroatoms. The number of hydrogen-bond donors (Lipinski definition) is 1. The van der Waals surface area contributed by atoms with E-state index in [2.05, 4.69) is 10.1 Å². The highest BCUT2D eigenvalue weighted by Gasteiger charge is 2.31. The van der Waals surface area contributed by atoms with Gasteiger partial charge in [-0.15, -0.1) is 13.2 Å². The molecule has 162 valence electrons. The molecule has 0 bridgehead atoms. The van der Waals surface area contributed by atoms with Crippen LogP contribution < -0.4 is 10.1 Å². The average Bonchev–Trinajstić information content (AvgIpc) is 2.69. The van der Waals surface area contributed by atoms with E-state index < -0.39 is 28.0 Å². The van der Waals surface area contributed by atoms with Gasteiger partial charge in [0.15, 0.2) is 0 Å². The minimum atomic E-state index is -4.81. The Bertz CT molecular complexity index is 1020. The van der Waals surface area contributed by atoms with Crippen LogP contribution in [0.2, 0.25) is 0 Å². The number of benzene rings is 2. The molecule has 0 atom stereocenters. The number of ether oxygens (including phenoxy) is 2. The molecule has 0 saturated carbocycles. The van der Waals surface area contributed by atoms with Crippen molar-refractivity contribution in [3.05, 3.63) is 53.6 Å². The van der Waals surface area contributed by atoms with Crippen LogP contribution in [0.25, 0.3) is 0 Å². The molecule has 1 N–H and O–H groups in total. The number of hydrogen-bond acceptors (Lipinski definition) is 5. The van der Waals surface area contributed by atoms with Crippen LogP contribution in [0.4, 0.5) is 18.9 Å². The van der Waals surface area contributed by atoms with Gasteiger partial charge in [0.1, 0.15) is 5.75 Å². The molecule has 1 aliphatic heterocycles. The summed E-state index contributed by atoms with van der Waals surface area (Å²) in [7, 11) is -3.78. The number of rotatable bonds is 5. The van der Waals surface area contributed by atoms with Crippen molar-refractivity contribution in [1.82, 2.24) is 4.31 Å². The topological polar surface area (TPSA) is 84.9 Å². The van der Waals surface area contributed by atoms with Crippen molar-refractivity contribution in [2.75, 3.05) is 31.6 Å². The van der Waals surface area contributed by atoms with Gasteiger partial charge in [-0.25, -0.2) is 8.42 Å². The van der Waals surface area contributed by atoms with Crippen LogP contribution in [-0.2, 0) is 14.8 Å². The number of nitrogens with zero attached hydrogens (tertiary/aromatic N) is 1. The molecule has 0 radical (unpaired) electrons. The quantitative estimate of drug-likeness (QED) is 0.766. The predicted molar refractivity (Wildman–Crippen MR) is 102 cm³/mol. The van der Waals surface area contributed by atoms with Crippen molar-refractivity contribution in [3.63, 3.8) is 0 Å². The van der Waals surface area contributed by atoms with Crippen LogP contribution in [0.1, 0.15) is 15.9 Å². The third-order valence-electron chi connectivity index (χ3n) is 4.41. The average molecular weight is 444 g/mol. The maximum Gasteiger partial charge on any atom is 0.573 e. The third kappa shape index (κ3) is 5.29. The van der Waals surface area contributed by atoms with Crippen LogP contribution >= 0.6 is 0 Å². The van der Waals surface area contributed by atoms with Crippen LogP contribution in [0.3, 0.4) is 0 Å². The lowest BCUT2D eigenvalue weighted by atomic mass is 10.1. The summed E-state index contributed by atoms with van der Waals surface area (Å²) in [6.07, 6.45) is -4.81. The summed E-state index contributed by atoms with van der Waals surface area (Å²) in [4.78, 5) is 12.6. The minimum absolute atomic E-state index is 0.0194. The summed E-state index contributed by atoms with van der Waals surface area (Å²) in [5.74, 6) is -1.01. The van der Waals surface area contributed by atoms with Crippen molar-refractivity contribution in [2.45, 2.75) is 18.2 Å². The largest absolute Gasteiger partial charge is 0.573 e. The number of anilines is 1. The van der Waals surface area contributed by atoms with Gasteiger partial charge in [0.2, 0.25) is 10.0 Å². The Morgan fingerprint density at radius 2 is 1.73 bits per heavy atom. The maximum absolute atomic E-state index is 12.8. The van der Waals surface area contributed by atoms with E-state index in [4.69, 9.17) is 4.74 Å². The van der Waals surface area contributed by atoms with Gasteiger partial charge in [-0.3, -0.25) is 4.79 Å². The monoisotopic (exact) mass is 444 g/mol. The number of carbonyl (C=O) groups is 1. The summed E-state index contributed by atoms with van der Waals surface area (Å²) < 4.78 is 72.6. The van der Waals surface area contributed by atoms with Gasteiger partial charge in [0.05, 0.1) is 18.1 Å². The second-order valence-electron chi connectivity index (χ2n) is 6.52. The SMILES string of the molecule is Cc1ccc(S(=O)(=O)N2CCOCC2)cc1C(=O)Nc1ccc(OC(F)(F)F)cc1. The summed E-state index contributed by atoms with van der Waals surface area (Å²) in [6.45, 7) is 2.70. The molecule has 1 saturated heterocycles. The molecule has 1 heterocycles. The molecular weight excluding hydrogens is 425 g/mol. The molecule has 2 aromatic carbocycles. The van der Waals surface area contributed by atoms with Crippen LogP contribution in [0.5, 0.6) is 5.75 Å². The Kier molecular flexibility index (Phi) is 6.34. The van der Waals surface area contributed by atoms with Crippen molar-refractivity contribution in [2.24, 2.45) is 0 Å². The minimum Gasteiger partial charge on any atom is -0.406 e. The van der Waals surface area contributed by atoms with Crippen molar-refractivity contribution >= 4 is 21.6 Å². The van der Waals surface area contributed by atoms with Gasteiger partial charge in [0.25, 0.3) is 5.91 Å². The normalized spacial score (nSPS) is 15.6. The van der Waals surface area contributed by atoms with Crippen LogP contribution in [0, 0.1) is 6.92 Å². The Morgan fingerprint density at radius 3 is 2.33 bits per heavy atom. The standard InChI is InChI=1S/C19H19F3N2O5S/c1-13-2-7-16(30(26,27)24-8-10-28-11-9-24)12-17(13)18(25)23-14-3-5-15(6-4-14)29-19(20,21)22/h2-7,12H,8-11H2,1H3,(H,23,25). The van der Waals surface area contributed by atoms with Gasteiger partial charge < -0.3 is 14.8 Å². The lowest BCUT2D eigenvalue weighted by Gasteiger charge is -2.26. The summed E-state index contributed by atoms with van der Waals surface area (Å²) in [6, 6.07) is 8.88. The number of alkyl halides is 3. The first-order valence-electron chi connectivity index (χ1n) is 8.92. The summed E-state index contributed by atoms with van der Waals surface area (Å²) in [5, 5.41) is 2.54. The lowest BCUT2D eigenvalue weighted by Crippen LogP contribution is -2.40. The molecule has 1 amide bonds. The fraction of sp³-hybridized carbons (Fsp3) is 0.316. The highest BCUT2D eigenvalue weighted by molar-refractivity contribution is 7.89. The number of carbonyl (C=O) groups excluding carboxylic acids is 1. The van der Waals surface area contributed by atoms with Crippen LogP contribution in [0.15, 0.2) is 47.4 Å². The molecule has 1 fully saturated rings. The van der Waals surface area contributed by atoms with Gasteiger partial charge in [-0.2, -0.15) is 4.31 Å². The third-order valence-corrected chi connectivity index (χ3v) is 6.30. The maximum atomic E-state index is 12.8. The highest BCUT2D eigenvalue weighted by Crippen LogP contribution is 2.25. The number of amides is 1. The lowest BCUT2D eigenvalue weighted by molar-refractivity contribution is -0.274. The second kappa shape index (κ2) is 8.62. The Hall–Kier alpha value is -2.63. The van der Waals surface area contributed by atoms with Crippen molar-refractivity contribution in [3.8, 4) is 5.75 Å². The molecule has 3 rings (SSSR count). The molecule has 0 aliphatic carbocycles. The number of morpholine rings is 1. The molecule has 30 heavy (non-hydrogen) atoms. The molecule has 0 unspecified atom stereocenters. The van der Waals surface area contributed by atoms with Crippen molar-refractivity contribution in [1.29, 1.82) is 0 Å². The fourth-order valence-corrected chi connectivity index (χ4v) is 4.32. The van der Waals surface area contributed by atoms with Gasteiger partial charge >= 0.3 is 6.36 Å². The van der Waals surface area contributed by atoms with E-state index >= 15 is 0 Å². The second-order valence-corrected chi connectivity index (χ2v) is 8.46. The van der Waals surface area contributed by atoms with E-state index in [1.165, 1.54) is 34.6 Å². The Labute approximate surface area is 171 Å². The first-order valence-corrected chi connectivity index (χ1v) is 10.4. The highest BCUT2D eigenvalue weighted by atomic mass is 32.2. The number of nitrogens with one attached hydrogen (secondary N) is 1. The van der Waals surface area contributed by atoms with E-state index in [9.17, 15) is 26.4 Å². The van der Waals surface area contributed by atoms with Crippen molar-refractivity contribution < 1.29 is 35.9 Å². The number of sulfonamides is 1. The zero-order chi connectivity index (χ0) is 21.9. The zero-order valence-electron chi connectivity index (χ0n) is 15.9. The van der Waals surface area contributed by atoms with E-state index in [0.29, 0.717) is 18.8 Å². The number of halogens is 3. The summed E-state index contributed by atoms with van der Waals surface area (Å²) in [5.41, 5.74) is 0.917. The molecule has 0 aromatic heterocycles. The van der Waals surface area contributed by atoms with E-state index in [-0.39, 0.29) is 29.2 Å². The molecule has 1 aliphatic rings. The van der Waals surface area contributed by atoms with E-state index in [0.717, 1.165) is 12.1 Å². The Balaban J connectivity index is 1.78. The number of aryl methyl sites for hydroxylation is 1.